The Morgan fingerprint density at radius 3 is 2.48 bits per heavy atom. The third-order valence-electron chi connectivity index (χ3n) is 5.05. The maximum atomic E-state index is 11.1. The molecule has 1 saturated heterocycles. The summed E-state index contributed by atoms with van der Waals surface area (Å²) in [7, 11) is 1.70. The molecule has 1 fully saturated rings. The molecule has 144 valence electrons. The van der Waals surface area contributed by atoms with Crippen LogP contribution in [0.1, 0.15) is 6.92 Å². The third-order valence-corrected chi connectivity index (χ3v) is 5.05. The summed E-state index contributed by atoms with van der Waals surface area (Å²) in [5.41, 5.74) is 1.82. The number of ether oxygens (including phenoxy) is 1. The quantitative estimate of drug-likeness (QED) is 0.596. The molecule has 0 amide bonds. The molecule has 27 heavy (non-hydrogen) atoms. The lowest BCUT2D eigenvalue weighted by atomic mass is 10.2. The molecule has 0 bridgehead atoms. The largest absolute Gasteiger partial charge is 0.495 e. The average Bonchev–Trinajstić information content (AvgIpc) is 2.72. The van der Waals surface area contributed by atoms with Gasteiger partial charge in [-0.15, -0.1) is 0 Å². The second-order valence-electron chi connectivity index (χ2n) is 6.70. The number of nitro groups is 1. The molecule has 0 spiro atoms. The summed E-state index contributed by atoms with van der Waals surface area (Å²) in [5.74, 6) is 0.900. The van der Waals surface area contributed by atoms with Crippen LogP contribution >= 0.6 is 0 Å². The summed E-state index contributed by atoms with van der Waals surface area (Å²) in [6.07, 6.45) is 0. The molecule has 1 aliphatic rings. The summed E-state index contributed by atoms with van der Waals surface area (Å²) in [5, 5.41) is 14.4. The molecule has 0 aromatic heterocycles. The molecular formula is C20H26N4O3. The van der Waals surface area contributed by atoms with E-state index >= 15 is 0 Å². The number of nitro benzene ring substituents is 1. The molecule has 0 radical (unpaired) electrons. The first kappa shape index (κ1) is 19.0. The smallest absolute Gasteiger partial charge is 0.292 e. The zero-order valence-electron chi connectivity index (χ0n) is 15.8. The van der Waals surface area contributed by atoms with Gasteiger partial charge in [-0.3, -0.25) is 15.0 Å². The highest BCUT2D eigenvalue weighted by Crippen LogP contribution is 2.28. The van der Waals surface area contributed by atoms with Crippen LogP contribution < -0.4 is 15.0 Å². The number of benzene rings is 2. The van der Waals surface area contributed by atoms with E-state index in [1.165, 1.54) is 6.07 Å². The molecule has 2 aromatic carbocycles. The van der Waals surface area contributed by atoms with Gasteiger partial charge in [0.05, 0.1) is 17.7 Å². The Morgan fingerprint density at radius 1 is 1.11 bits per heavy atom. The zero-order valence-corrected chi connectivity index (χ0v) is 15.8. The summed E-state index contributed by atoms with van der Waals surface area (Å²) >= 11 is 0. The van der Waals surface area contributed by atoms with E-state index in [9.17, 15) is 10.1 Å². The molecule has 7 heteroatoms. The molecular weight excluding hydrogens is 344 g/mol. The Bertz CT molecular complexity index is 775. The van der Waals surface area contributed by atoms with E-state index < -0.39 is 0 Å². The van der Waals surface area contributed by atoms with Crippen molar-refractivity contribution in [1.29, 1.82) is 0 Å². The Balaban J connectivity index is 1.55. The highest BCUT2D eigenvalue weighted by atomic mass is 16.6. The first-order valence-corrected chi connectivity index (χ1v) is 9.19. The van der Waals surface area contributed by atoms with Crippen LogP contribution in [0.2, 0.25) is 0 Å². The fourth-order valence-corrected chi connectivity index (χ4v) is 3.46. The van der Waals surface area contributed by atoms with Crippen molar-refractivity contribution in [2.75, 3.05) is 50.1 Å². The standard InChI is InChI=1S/C20H26N4O3/c1-16(15-21-17-7-3-4-8-18(17)24(25)26)22-11-13-23(14-12-22)19-9-5-6-10-20(19)27-2/h3-10,16,21H,11-15H2,1-2H3. The van der Waals surface area contributed by atoms with E-state index in [-0.39, 0.29) is 16.7 Å². The fourth-order valence-electron chi connectivity index (χ4n) is 3.46. The van der Waals surface area contributed by atoms with Crippen LogP contribution in [0.5, 0.6) is 5.75 Å². The molecule has 1 heterocycles. The van der Waals surface area contributed by atoms with Gasteiger partial charge in [0.15, 0.2) is 0 Å². The second kappa shape index (κ2) is 8.73. The number of piperazine rings is 1. The number of para-hydroxylation sites is 4. The number of rotatable bonds is 7. The Kier molecular flexibility index (Phi) is 6.13. The monoisotopic (exact) mass is 370 g/mol. The van der Waals surface area contributed by atoms with Gasteiger partial charge in [0.1, 0.15) is 11.4 Å². The lowest BCUT2D eigenvalue weighted by Gasteiger charge is -2.39. The summed E-state index contributed by atoms with van der Waals surface area (Å²) < 4.78 is 5.47. The fraction of sp³-hybridized carbons (Fsp3) is 0.400. The van der Waals surface area contributed by atoms with Crippen molar-refractivity contribution in [2.45, 2.75) is 13.0 Å². The van der Waals surface area contributed by atoms with Crippen LogP contribution in [0.3, 0.4) is 0 Å². The van der Waals surface area contributed by atoms with Gasteiger partial charge in [-0.05, 0) is 25.1 Å². The Morgan fingerprint density at radius 2 is 1.78 bits per heavy atom. The van der Waals surface area contributed by atoms with Gasteiger partial charge >= 0.3 is 0 Å². The van der Waals surface area contributed by atoms with Gasteiger partial charge in [-0.1, -0.05) is 24.3 Å². The highest BCUT2D eigenvalue weighted by Gasteiger charge is 2.23. The molecule has 1 N–H and O–H groups in total. The van der Waals surface area contributed by atoms with Crippen molar-refractivity contribution in [3.8, 4) is 5.75 Å². The van der Waals surface area contributed by atoms with Crippen molar-refractivity contribution in [2.24, 2.45) is 0 Å². The van der Waals surface area contributed by atoms with Crippen molar-refractivity contribution < 1.29 is 9.66 Å². The van der Waals surface area contributed by atoms with Crippen LogP contribution in [0.4, 0.5) is 17.1 Å². The van der Waals surface area contributed by atoms with E-state index in [1.807, 2.05) is 24.3 Å². The molecule has 3 rings (SSSR count). The number of hydrogen-bond acceptors (Lipinski definition) is 6. The predicted octanol–water partition coefficient (Wildman–Crippen LogP) is 3.23. The number of nitrogens with zero attached hydrogens (tertiary/aromatic N) is 3. The van der Waals surface area contributed by atoms with Gasteiger partial charge in [0.2, 0.25) is 0 Å². The number of hydrogen-bond donors (Lipinski definition) is 1. The summed E-state index contributed by atoms with van der Waals surface area (Å²) in [6.45, 7) is 6.56. The molecule has 1 unspecified atom stereocenters. The SMILES string of the molecule is COc1ccccc1N1CCN(C(C)CNc2ccccc2[N+](=O)[O-])CC1. The van der Waals surface area contributed by atoms with Crippen molar-refractivity contribution >= 4 is 17.1 Å². The van der Waals surface area contributed by atoms with E-state index in [1.54, 1.807) is 19.2 Å². The lowest BCUT2D eigenvalue weighted by molar-refractivity contribution is -0.384. The van der Waals surface area contributed by atoms with Crippen LogP contribution in [0.15, 0.2) is 48.5 Å². The molecule has 1 atom stereocenters. The average molecular weight is 370 g/mol. The van der Waals surface area contributed by atoms with Crippen LogP contribution in [0, 0.1) is 10.1 Å². The van der Waals surface area contributed by atoms with E-state index in [0.717, 1.165) is 37.6 Å². The number of nitrogens with one attached hydrogen (secondary N) is 1. The van der Waals surface area contributed by atoms with Crippen LogP contribution in [-0.4, -0.2) is 55.7 Å². The number of anilines is 2. The minimum atomic E-state index is -0.348. The van der Waals surface area contributed by atoms with Crippen molar-refractivity contribution in [1.82, 2.24) is 4.90 Å². The first-order valence-electron chi connectivity index (χ1n) is 9.19. The van der Waals surface area contributed by atoms with Gasteiger partial charge in [0, 0.05) is 44.8 Å². The number of methoxy groups -OCH3 is 1. The highest BCUT2D eigenvalue weighted by molar-refractivity contribution is 5.61. The molecule has 2 aromatic rings. The lowest BCUT2D eigenvalue weighted by Crippen LogP contribution is -2.51. The van der Waals surface area contributed by atoms with E-state index in [0.29, 0.717) is 12.2 Å². The summed E-state index contributed by atoms with van der Waals surface area (Å²) in [6, 6.07) is 15.2. The topological polar surface area (TPSA) is 70.9 Å². The van der Waals surface area contributed by atoms with E-state index in [4.69, 9.17) is 4.74 Å². The third kappa shape index (κ3) is 4.49. The maximum Gasteiger partial charge on any atom is 0.292 e. The van der Waals surface area contributed by atoms with Gasteiger partial charge < -0.3 is 15.0 Å². The Labute approximate surface area is 159 Å². The van der Waals surface area contributed by atoms with E-state index in [2.05, 4.69) is 28.1 Å². The Hall–Kier alpha value is -2.80. The minimum Gasteiger partial charge on any atom is -0.495 e. The van der Waals surface area contributed by atoms with Crippen LogP contribution in [0.25, 0.3) is 0 Å². The van der Waals surface area contributed by atoms with Gasteiger partial charge in [-0.25, -0.2) is 0 Å². The first-order chi connectivity index (χ1) is 13.1. The molecule has 0 saturated carbocycles. The van der Waals surface area contributed by atoms with Crippen molar-refractivity contribution in [3.05, 3.63) is 58.6 Å². The van der Waals surface area contributed by atoms with Crippen molar-refractivity contribution in [3.63, 3.8) is 0 Å². The molecule has 1 aliphatic heterocycles. The normalized spacial score (nSPS) is 16.0. The van der Waals surface area contributed by atoms with Gasteiger partial charge in [0.25, 0.3) is 5.69 Å². The minimum absolute atomic E-state index is 0.116. The molecule has 7 nitrogen and oxygen atoms in total. The predicted molar refractivity (Wildman–Crippen MR) is 108 cm³/mol. The molecule has 0 aliphatic carbocycles. The second-order valence-corrected chi connectivity index (χ2v) is 6.70. The maximum absolute atomic E-state index is 11.1. The summed E-state index contributed by atoms with van der Waals surface area (Å²) in [4.78, 5) is 15.5. The van der Waals surface area contributed by atoms with Gasteiger partial charge in [-0.2, -0.15) is 0 Å². The van der Waals surface area contributed by atoms with Crippen LogP contribution in [-0.2, 0) is 0 Å². The zero-order chi connectivity index (χ0) is 19.2.